The predicted octanol–water partition coefficient (Wildman–Crippen LogP) is 0.641. The second kappa shape index (κ2) is 3.61. The highest BCUT2D eigenvalue weighted by molar-refractivity contribution is 5.32. The maximum Gasteiger partial charge on any atom is 0.424 e. The predicted molar refractivity (Wildman–Crippen MR) is 59.2 cm³/mol. The van der Waals surface area contributed by atoms with Crippen LogP contribution in [0.5, 0.6) is 0 Å². The van der Waals surface area contributed by atoms with Gasteiger partial charge in [0.1, 0.15) is 0 Å². The van der Waals surface area contributed by atoms with Crippen LogP contribution in [-0.2, 0) is 0 Å². The van der Waals surface area contributed by atoms with Gasteiger partial charge in [-0.25, -0.2) is 9.36 Å². The molecule has 0 amide bonds. The molecular weight excluding hydrogens is 190 g/mol. The summed E-state index contributed by atoms with van der Waals surface area (Å²) in [5.41, 5.74) is 1.29. The van der Waals surface area contributed by atoms with Gasteiger partial charge in [0.25, 0.3) is 0 Å². The summed E-state index contributed by atoms with van der Waals surface area (Å²) in [6.07, 6.45) is 1.73. The van der Waals surface area contributed by atoms with Crippen molar-refractivity contribution in [1.82, 2.24) is 4.57 Å². The van der Waals surface area contributed by atoms with Gasteiger partial charge in [0.05, 0.1) is 11.0 Å². The lowest BCUT2D eigenvalue weighted by Gasteiger charge is -1.97. The first-order valence-electron chi connectivity index (χ1n) is 4.66. The van der Waals surface area contributed by atoms with Crippen molar-refractivity contribution >= 4 is 12.7 Å². The Morgan fingerprint density at radius 2 is 2.00 bits per heavy atom. The summed E-state index contributed by atoms with van der Waals surface area (Å²) in [7, 11) is 0. The maximum atomic E-state index is 11.6. The summed E-state index contributed by atoms with van der Waals surface area (Å²) in [5, 5.41) is 0.578. The molecule has 3 nitrogen and oxygen atoms in total. The van der Waals surface area contributed by atoms with Crippen LogP contribution in [0.2, 0.25) is 0 Å². The van der Waals surface area contributed by atoms with E-state index >= 15 is 0 Å². The minimum absolute atomic E-state index is 0.403. The van der Waals surface area contributed by atoms with Crippen molar-refractivity contribution in [2.75, 3.05) is 0 Å². The van der Waals surface area contributed by atoms with Crippen LogP contribution in [0.15, 0.2) is 39.5 Å². The molecule has 0 saturated heterocycles. The Balaban J connectivity index is 2.81. The Morgan fingerprint density at radius 1 is 1.33 bits per heavy atom. The Hall–Kier alpha value is -2.03. The SMILES string of the molecule is C=c1/c(=C/C)oc(=O)n1-c1ccccc1. The summed E-state index contributed by atoms with van der Waals surface area (Å²) in [6, 6.07) is 9.30. The van der Waals surface area contributed by atoms with E-state index in [2.05, 4.69) is 6.58 Å². The van der Waals surface area contributed by atoms with Crippen molar-refractivity contribution in [1.29, 1.82) is 0 Å². The Morgan fingerprint density at radius 3 is 2.53 bits per heavy atom. The Labute approximate surface area is 86.6 Å². The van der Waals surface area contributed by atoms with E-state index in [-0.39, 0.29) is 0 Å². The zero-order valence-electron chi connectivity index (χ0n) is 8.43. The summed E-state index contributed by atoms with van der Waals surface area (Å²) < 4.78 is 6.49. The van der Waals surface area contributed by atoms with E-state index in [1.807, 2.05) is 37.3 Å². The average Bonchev–Trinajstić information content (AvgIpc) is 2.55. The maximum absolute atomic E-state index is 11.6. The van der Waals surface area contributed by atoms with Crippen LogP contribution in [0, 0.1) is 0 Å². The highest BCUT2D eigenvalue weighted by Crippen LogP contribution is 1.99. The largest absolute Gasteiger partial charge is 0.424 e. The van der Waals surface area contributed by atoms with Crippen LogP contribution in [0.4, 0.5) is 0 Å². The molecule has 0 N–H and O–H groups in total. The van der Waals surface area contributed by atoms with Crippen molar-refractivity contribution in [3.05, 3.63) is 51.6 Å². The van der Waals surface area contributed by atoms with Crippen LogP contribution in [0.25, 0.3) is 18.3 Å². The molecule has 15 heavy (non-hydrogen) atoms. The molecule has 1 aromatic carbocycles. The number of oxazole rings is 1. The second-order valence-electron chi connectivity index (χ2n) is 3.14. The summed E-state index contributed by atoms with van der Waals surface area (Å²) >= 11 is 0. The molecule has 0 bridgehead atoms. The normalized spacial score (nSPS) is 11.9. The van der Waals surface area contributed by atoms with Gasteiger partial charge in [0.2, 0.25) is 0 Å². The zero-order chi connectivity index (χ0) is 10.8. The number of rotatable bonds is 1. The molecule has 0 aliphatic heterocycles. The van der Waals surface area contributed by atoms with E-state index in [1.54, 1.807) is 6.08 Å². The number of nitrogens with zero attached hydrogens (tertiary/aromatic N) is 1. The number of aromatic nitrogens is 1. The smallest absolute Gasteiger partial charge is 0.408 e. The van der Waals surface area contributed by atoms with Crippen molar-refractivity contribution < 1.29 is 4.42 Å². The standard InChI is InChI=1S/C12H11NO2/c1-3-11-9(2)13(12(14)15-11)10-7-5-4-6-8-10/h3-8H,2H2,1H3/b11-3-. The van der Waals surface area contributed by atoms with Gasteiger partial charge in [0, 0.05) is 0 Å². The number of hydrogen-bond acceptors (Lipinski definition) is 2. The molecule has 2 rings (SSSR count). The van der Waals surface area contributed by atoms with Crippen LogP contribution < -0.4 is 16.5 Å². The first kappa shape index (κ1) is 9.52. The number of benzene rings is 1. The fourth-order valence-corrected chi connectivity index (χ4v) is 1.48. The molecule has 0 radical (unpaired) electrons. The monoisotopic (exact) mass is 201 g/mol. The topological polar surface area (TPSA) is 35.1 Å². The third-order valence-corrected chi connectivity index (χ3v) is 2.21. The Kier molecular flexibility index (Phi) is 2.29. The van der Waals surface area contributed by atoms with Crippen LogP contribution in [0.3, 0.4) is 0 Å². The first-order valence-corrected chi connectivity index (χ1v) is 4.66. The van der Waals surface area contributed by atoms with Crippen molar-refractivity contribution in [3.63, 3.8) is 0 Å². The fraction of sp³-hybridized carbons (Fsp3) is 0.0833. The van der Waals surface area contributed by atoms with Gasteiger partial charge in [-0.2, -0.15) is 0 Å². The molecule has 0 aliphatic rings. The molecule has 3 heteroatoms. The lowest BCUT2D eigenvalue weighted by molar-refractivity contribution is 0.477. The number of hydrogen-bond donors (Lipinski definition) is 0. The molecule has 76 valence electrons. The van der Waals surface area contributed by atoms with Gasteiger partial charge in [-0.05, 0) is 25.1 Å². The van der Waals surface area contributed by atoms with E-state index in [9.17, 15) is 4.79 Å². The van der Waals surface area contributed by atoms with E-state index in [0.29, 0.717) is 10.8 Å². The molecule has 0 spiro atoms. The molecule has 0 atom stereocenters. The van der Waals surface area contributed by atoms with Gasteiger partial charge in [-0.1, -0.05) is 24.8 Å². The first-order chi connectivity index (χ1) is 7.24. The molecule has 1 aromatic heterocycles. The van der Waals surface area contributed by atoms with E-state index < -0.39 is 5.76 Å². The van der Waals surface area contributed by atoms with Crippen LogP contribution >= 0.6 is 0 Å². The van der Waals surface area contributed by atoms with Gasteiger partial charge >= 0.3 is 5.76 Å². The zero-order valence-corrected chi connectivity index (χ0v) is 8.43. The third-order valence-electron chi connectivity index (χ3n) is 2.21. The molecular formula is C12H11NO2. The second-order valence-corrected chi connectivity index (χ2v) is 3.14. The Bertz CT molecular complexity index is 620. The highest BCUT2D eigenvalue weighted by Gasteiger charge is 2.04. The average molecular weight is 201 g/mol. The molecule has 0 saturated carbocycles. The van der Waals surface area contributed by atoms with E-state index in [4.69, 9.17) is 4.42 Å². The minimum Gasteiger partial charge on any atom is -0.408 e. The quantitative estimate of drug-likeness (QED) is 0.678. The molecule has 1 heterocycles. The fourth-order valence-electron chi connectivity index (χ4n) is 1.48. The lowest BCUT2D eigenvalue weighted by Crippen LogP contribution is -2.29. The molecule has 0 unspecified atom stereocenters. The highest BCUT2D eigenvalue weighted by atomic mass is 16.4. The van der Waals surface area contributed by atoms with Gasteiger partial charge < -0.3 is 4.42 Å². The van der Waals surface area contributed by atoms with Crippen molar-refractivity contribution in [2.45, 2.75) is 6.92 Å². The molecule has 2 aromatic rings. The van der Waals surface area contributed by atoms with Crippen molar-refractivity contribution in [3.8, 4) is 5.69 Å². The molecule has 0 fully saturated rings. The van der Waals surface area contributed by atoms with Crippen LogP contribution in [-0.4, -0.2) is 4.57 Å². The number of para-hydroxylation sites is 1. The summed E-state index contributed by atoms with van der Waals surface area (Å²) in [6.45, 7) is 5.63. The van der Waals surface area contributed by atoms with Gasteiger partial charge in [0.15, 0.2) is 5.42 Å². The van der Waals surface area contributed by atoms with Gasteiger partial charge in [-0.3, -0.25) is 0 Å². The molecule has 0 aliphatic carbocycles. The lowest BCUT2D eigenvalue weighted by atomic mass is 10.3. The van der Waals surface area contributed by atoms with E-state index in [0.717, 1.165) is 5.69 Å². The van der Waals surface area contributed by atoms with Gasteiger partial charge in [-0.15, -0.1) is 0 Å². The van der Waals surface area contributed by atoms with Crippen LogP contribution in [0.1, 0.15) is 6.92 Å². The van der Waals surface area contributed by atoms with E-state index in [1.165, 1.54) is 4.57 Å². The van der Waals surface area contributed by atoms with Crippen molar-refractivity contribution in [2.24, 2.45) is 0 Å². The minimum atomic E-state index is -0.403. The summed E-state index contributed by atoms with van der Waals surface area (Å²) in [4.78, 5) is 11.6. The summed E-state index contributed by atoms with van der Waals surface area (Å²) in [5.74, 6) is -0.403. The third kappa shape index (κ3) is 1.52.